The van der Waals surface area contributed by atoms with Crippen LogP contribution in [0.1, 0.15) is 12.0 Å². The molecule has 110 valence electrons. The molecule has 0 saturated carbocycles. The van der Waals surface area contributed by atoms with E-state index in [0.29, 0.717) is 12.3 Å². The van der Waals surface area contributed by atoms with Crippen molar-refractivity contribution in [2.45, 2.75) is 19.0 Å². The molecular weight excluding hydrogens is 352 g/mol. The van der Waals surface area contributed by atoms with Gasteiger partial charge in [0, 0.05) is 36.2 Å². The number of halogens is 3. The molecule has 1 aromatic rings. The van der Waals surface area contributed by atoms with Crippen LogP contribution < -0.4 is 0 Å². The number of aliphatic carboxylic acids is 1. The van der Waals surface area contributed by atoms with Crippen molar-refractivity contribution in [2.24, 2.45) is 0 Å². The van der Waals surface area contributed by atoms with E-state index in [2.05, 4.69) is 15.9 Å². The summed E-state index contributed by atoms with van der Waals surface area (Å²) in [5, 5.41) is 8.91. The van der Waals surface area contributed by atoms with E-state index in [0.717, 1.165) is 5.75 Å². The van der Waals surface area contributed by atoms with Gasteiger partial charge in [-0.1, -0.05) is 0 Å². The van der Waals surface area contributed by atoms with Crippen molar-refractivity contribution < 1.29 is 18.7 Å². The molecule has 1 N–H and O–H groups in total. The summed E-state index contributed by atoms with van der Waals surface area (Å²) >= 11 is 4.71. The van der Waals surface area contributed by atoms with Gasteiger partial charge in [-0.2, -0.15) is 11.8 Å². The van der Waals surface area contributed by atoms with E-state index in [9.17, 15) is 13.6 Å². The molecule has 0 aliphatic carbocycles. The summed E-state index contributed by atoms with van der Waals surface area (Å²) in [7, 11) is 0. The molecule has 7 heteroatoms. The average molecular weight is 366 g/mol. The molecule has 1 atom stereocenters. The zero-order valence-electron chi connectivity index (χ0n) is 10.6. The normalized spacial score (nSPS) is 20.1. The van der Waals surface area contributed by atoms with Gasteiger partial charge in [-0.05, 0) is 28.1 Å². The van der Waals surface area contributed by atoms with Crippen molar-refractivity contribution in [1.29, 1.82) is 0 Å². The minimum atomic E-state index is -0.891. The average Bonchev–Trinajstić information content (AvgIpc) is 2.40. The van der Waals surface area contributed by atoms with Crippen LogP contribution in [0, 0.1) is 11.6 Å². The fourth-order valence-corrected chi connectivity index (χ4v) is 3.71. The van der Waals surface area contributed by atoms with Gasteiger partial charge in [0.25, 0.3) is 0 Å². The summed E-state index contributed by atoms with van der Waals surface area (Å²) in [6, 6.07) is 2.35. The van der Waals surface area contributed by atoms with Crippen LogP contribution in [0.2, 0.25) is 0 Å². The van der Waals surface area contributed by atoms with Gasteiger partial charge in [-0.25, -0.2) is 8.78 Å². The third kappa shape index (κ3) is 3.71. The Bertz CT molecular complexity index is 515. The summed E-state index contributed by atoms with van der Waals surface area (Å²) in [5.41, 5.74) is -0.0123. The number of nitrogens with zero attached hydrogens (tertiary/aromatic N) is 1. The Kier molecular flexibility index (Phi) is 5.40. The maximum atomic E-state index is 14.0. The fraction of sp³-hybridized carbons (Fsp3) is 0.462. The predicted octanol–water partition coefficient (Wildman–Crippen LogP) is 3.12. The van der Waals surface area contributed by atoms with Gasteiger partial charge in [0.1, 0.15) is 11.6 Å². The summed E-state index contributed by atoms with van der Waals surface area (Å²) in [5.74, 6) is -0.593. The number of carboxylic acids is 1. The van der Waals surface area contributed by atoms with Crippen molar-refractivity contribution in [1.82, 2.24) is 4.90 Å². The molecule has 1 aliphatic rings. The monoisotopic (exact) mass is 365 g/mol. The SMILES string of the molecule is O=C(O)CC1CSCCN1Cc1c(F)ccc(Br)c1F. The van der Waals surface area contributed by atoms with E-state index in [1.807, 2.05) is 4.90 Å². The third-order valence-electron chi connectivity index (χ3n) is 3.26. The Morgan fingerprint density at radius 2 is 2.25 bits per heavy atom. The number of thioether (sulfide) groups is 1. The van der Waals surface area contributed by atoms with Crippen LogP contribution in [-0.4, -0.2) is 40.1 Å². The highest BCUT2D eigenvalue weighted by Crippen LogP contribution is 2.26. The molecule has 1 aliphatic heterocycles. The Hall–Kier alpha value is -0.660. The van der Waals surface area contributed by atoms with E-state index in [4.69, 9.17) is 5.11 Å². The van der Waals surface area contributed by atoms with E-state index < -0.39 is 17.6 Å². The first kappa shape index (κ1) is 15.7. The second-order valence-corrected chi connectivity index (χ2v) is 6.62. The quantitative estimate of drug-likeness (QED) is 0.832. The molecular formula is C13H14BrF2NO2S. The molecule has 1 fully saturated rings. The standard InChI is InChI=1S/C13H14BrF2NO2S/c14-10-1-2-11(15)9(13(10)16)6-17-3-4-20-7-8(17)5-12(18)19/h1-2,8H,3-7H2,(H,18,19). The van der Waals surface area contributed by atoms with E-state index in [1.54, 1.807) is 11.8 Å². The second kappa shape index (κ2) is 6.87. The van der Waals surface area contributed by atoms with Crippen LogP contribution in [0.4, 0.5) is 8.78 Å². The smallest absolute Gasteiger partial charge is 0.304 e. The lowest BCUT2D eigenvalue weighted by molar-refractivity contribution is -0.138. The van der Waals surface area contributed by atoms with Gasteiger partial charge in [0.15, 0.2) is 0 Å². The Labute approximate surface area is 128 Å². The van der Waals surface area contributed by atoms with Crippen molar-refractivity contribution in [3.8, 4) is 0 Å². The highest BCUT2D eigenvalue weighted by molar-refractivity contribution is 9.10. The first-order valence-corrected chi connectivity index (χ1v) is 8.09. The van der Waals surface area contributed by atoms with Gasteiger partial charge < -0.3 is 5.11 Å². The second-order valence-electron chi connectivity index (χ2n) is 4.62. The number of hydrogen-bond acceptors (Lipinski definition) is 3. The molecule has 1 heterocycles. The summed E-state index contributed by atoms with van der Waals surface area (Å²) in [6.07, 6.45) is -0.00968. The molecule has 3 nitrogen and oxygen atoms in total. The van der Waals surface area contributed by atoms with Gasteiger partial charge in [0.05, 0.1) is 10.9 Å². The first-order chi connectivity index (χ1) is 9.49. The summed E-state index contributed by atoms with van der Waals surface area (Å²) in [4.78, 5) is 12.7. The molecule has 0 aromatic heterocycles. The lowest BCUT2D eigenvalue weighted by atomic mass is 10.1. The fourth-order valence-electron chi connectivity index (χ4n) is 2.20. The Balaban J connectivity index is 2.18. The van der Waals surface area contributed by atoms with Gasteiger partial charge in [0.2, 0.25) is 0 Å². The van der Waals surface area contributed by atoms with Crippen LogP contribution in [-0.2, 0) is 11.3 Å². The lowest BCUT2D eigenvalue weighted by Gasteiger charge is -2.34. The molecule has 1 saturated heterocycles. The van der Waals surface area contributed by atoms with Gasteiger partial charge in [-0.3, -0.25) is 9.69 Å². The van der Waals surface area contributed by atoms with Crippen LogP contribution in [0.15, 0.2) is 16.6 Å². The zero-order chi connectivity index (χ0) is 14.7. The van der Waals surface area contributed by atoms with Gasteiger partial charge >= 0.3 is 5.97 Å². The van der Waals surface area contributed by atoms with Crippen molar-refractivity contribution in [2.75, 3.05) is 18.1 Å². The topological polar surface area (TPSA) is 40.5 Å². The van der Waals surface area contributed by atoms with Crippen molar-refractivity contribution in [3.05, 3.63) is 33.8 Å². The maximum Gasteiger partial charge on any atom is 0.304 e. The number of carboxylic acid groups (broad SMARTS) is 1. The highest BCUT2D eigenvalue weighted by Gasteiger charge is 2.27. The summed E-state index contributed by atoms with van der Waals surface area (Å²) in [6.45, 7) is 0.726. The van der Waals surface area contributed by atoms with Crippen LogP contribution in [0.25, 0.3) is 0 Å². The molecule has 0 bridgehead atoms. The van der Waals surface area contributed by atoms with E-state index in [-0.39, 0.29) is 29.0 Å². The van der Waals surface area contributed by atoms with Gasteiger partial charge in [-0.15, -0.1) is 0 Å². The third-order valence-corrected chi connectivity index (χ3v) is 4.96. The minimum absolute atomic E-state index is 0.00968. The molecule has 0 spiro atoms. The van der Waals surface area contributed by atoms with E-state index >= 15 is 0 Å². The Morgan fingerprint density at radius 1 is 1.50 bits per heavy atom. The lowest BCUT2D eigenvalue weighted by Crippen LogP contribution is -2.43. The number of rotatable bonds is 4. The van der Waals surface area contributed by atoms with Crippen molar-refractivity contribution in [3.63, 3.8) is 0 Å². The zero-order valence-corrected chi connectivity index (χ0v) is 13.0. The molecule has 2 rings (SSSR count). The predicted molar refractivity (Wildman–Crippen MR) is 77.8 cm³/mol. The van der Waals surface area contributed by atoms with Crippen LogP contribution >= 0.6 is 27.7 Å². The molecule has 1 aromatic carbocycles. The number of benzene rings is 1. The minimum Gasteiger partial charge on any atom is -0.481 e. The van der Waals surface area contributed by atoms with Crippen LogP contribution in [0.3, 0.4) is 0 Å². The molecule has 1 unspecified atom stereocenters. The maximum absolute atomic E-state index is 14.0. The summed E-state index contributed by atoms with van der Waals surface area (Å²) < 4.78 is 28.0. The Morgan fingerprint density at radius 3 is 2.95 bits per heavy atom. The molecule has 0 radical (unpaired) electrons. The first-order valence-electron chi connectivity index (χ1n) is 6.15. The molecule has 0 amide bonds. The van der Waals surface area contributed by atoms with Crippen molar-refractivity contribution >= 4 is 33.7 Å². The number of hydrogen-bond donors (Lipinski definition) is 1. The molecule has 20 heavy (non-hydrogen) atoms. The van der Waals surface area contributed by atoms with Crippen LogP contribution in [0.5, 0.6) is 0 Å². The largest absolute Gasteiger partial charge is 0.481 e. The van der Waals surface area contributed by atoms with E-state index in [1.165, 1.54) is 12.1 Å². The highest BCUT2D eigenvalue weighted by atomic mass is 79.9. The number of carbonyl (C=O) groups is 1.